The van der Waals surface area contributed by atoms with Gasteiger partial charge >= 0.3 is 0 Å². The predicted octanol–water partition coefficient (Wildman–Crippen LogP) is 0.632. The van der Waals surface area contributed by atoms with Crippen molar-refractivity contribution >= 4 is 11.8 Å². The quantitative estimate of drug-likeness (QED) is 0.811. The molecule has 2 N–H and O–H groups in total. The number of hydrogen-bond acceptors (Lipinski definition) is 5. The molecular weight excluding hydrogens is 224 g/mol. The average molecular weight is 242 g/mol. The highest BCUT2D eigenvalue weighted by atomic mass is 32.2. The average Bonchev–Trinajstić information content (AvgIpc) is 2.76. The number of aryl methyl sites for hydroxylation is 1. The Bertz CT molecular complexity index is 322. The summed E-state index contributed by atoms with van der Waals surface area (Å²) in [5.74, 6) is 1.90. The van der Waals surface area contributed by atoms with Crippen molar-refractivity contribution in [1.82, 2.24) is 20.3 Å². The number of aliphatic hydroxyl groups excluding tert-OH is 1. The number of hydrogen-bond donors (Lipinski definition) is 2. The van der Waals surface area contributed by atoms with Crippen LogP contribution in [0.25, 0.3) is 0 Å². The van der Waals surface area contributed by atoms with Crippen molar-refractivity contribution < 1.29 is 5.11 Å². The van der Waals surface area contributed by atoms with Crippen LogP contribution in [0.3, 0.4) is 0 Å². The molecule has 2 heterocycles. The van der Waals surface area contributed by atoms with Crippen molar-refractivity contribution in [3.8, 4) is 0 Å². The molecule has 2 atom stereocenters. The highest BCUT2D eigenvalue weighted by Gasteiger charge is 2.21. The Morgan fingerprint density at radius 1 is 1.69 bits per heavy atom. The summed E-state index contributed by atoms with van der Waals surface area (Å²) in [6.45, 7) is 4.22. The molecule has 1 aliphatic heterocycles. The molecule has 1 aliphatic rings. The number of thioether (sulfide) groups is 1. The Balaban J connectivity index is 1.91. The summed E-state index contributed by atoms with van der Waals surface area (Å²) in [5.41, 5.74) is 0.995. The first-order chi connectivity index (χ1) is 7.79. The van der Waals surface area contributed by atoms with E-state index in [1.54, 1.807) is 4.68 Å². The minimum absolute atomic E-state index is 0.198. The van der Waals surface area contributed by atoms with Crippen molar-refractivity contribution in [2.75, 3.05) is 18.9 Å². The molecule has 0 aliphatic carbocycles. The van der Waals surface area contributed by atoms with Crippen molar-refractivity contribution in [3.05, 3.63) is 11.9 Å². The second-order valence-corrected chi connectivity index (χ2v) is 5.35. The lowest BCUT2D eigenvalue weighted by Gasteiger charge is -2.25. The van der Waals surface area contributed by atoms with Gasteiger partial charge in [0, 0.05) is 13.2 Å². The molecular formula is C10H18N4OS. The smallest absolute Gasteiger partial charge is 0.110 e. The lowest BCUT2D eigenvalue weighted by atomic mass is 10.2. The molecule has 6 heteroatoms. The highest BCUT2D eigenvalue weighted by molar-refractivity contribution is 7.99. The summed E-state index contributed by atoms with van der Waals surface area (Å²) in [6.07, 6.45) is 2.70. The molecule has 0 spiro atoms. The molecule has 0 aromatic carbocycles. The van der Waals surface area contributed by atoms with Crippen LogP contribution >= 0.6 is 11.8 Å². The van der Waals surface area contributed by atoms with Crippen molar-refractivity contribution in [2.45, 2.75) is 25.3 Å². The molecule has 5 nitrogen and oxygen atoms in total. The van der Waals surface area contributed by atoms with Gasteiger partial charge in [-0.15, -0.1) is 16.9 Å². The van der Waals surface area contributed by atoms with Gasteiger partial charge in [-0.25, -0.2) is 0 Å². The zero-order valence-electron chi connectivity index (χ0n) is 9.46. The topological polar surface area (TPSA) is 63.0 Å². The van der Waals surface area contributed by atoms with E-state index < -0.39 is 0 Å². The van der Waals surface area contributed by atoms with Crippen LogP contribution in [-0.4, -0.2) is 39.0 Å². The summed E-state index contributed by atoms with van der Waals surface area (Å²) in [7, 11) is 0. The first-order valence-electron chi connectivity index (χ1n) is 5.65. The highest BCUT2D eigenvalue weighted by Crippen LogP contribution is 2.29. The Labute approximate surface area is 99.6 Å². The van der Waals surface area contributed by atoms with Crippen molar-refractivity contribution in [2.24, 2.45) is 5.92 Å². The van der Waals surface area contributed by atoms with E-state index >= 15 is 0 Å². The van der Waals surface area contributed by atoms with Gasteiger partial charge in [-0.05, 0) is 24.6 Å². The minimum atomic E-state index is 0.198. The summed E-state index contributed by atoms with van der Waals surface area (Å²) in [5, 5.41) is 20.7. The van der Waals surface area contributed by atoms with E-state index in [4.69, 9.17) is 5.11 Å². The fraction of sp³-hybridized carbons (Fsp3) is 0.800. The zero-order chi connectivity index (χ0) is 11.4. The molecule has 0 saturated carbocycles. The molecule has 0 bridgehead atoms. The van der Waals surface area contributed by atoms with Crippen LogP contribution in [0, 0.1) is 5.92 Å². The first kappa shape index (κ1) is 11.9. The summed E-state index contributed by atoms with van der Waals surface area (Å²) < 4.78 is 1.80. The molecule has 1 fully saturated rings. The zero-order valence-corrected chi connectivity index (χ0v) is 10.3. The van der Waals surface area contributed by atoms with E-state index in [9.17, 15) is 0 Å². The summed E-state index contributed by atoms with van der Waals surface area (Å²) >= 11 is 1.89. The van der Waals surface area contributed by atoms with E-state index in [2.05, 4.69) is 22.6 Å². The van der Waals surface area contributed by atoms with Gasteiger partial charge in [0.1, 0.15) is 5.69 Å². The maximum atomic E-state index is 8.73. The van der Waals surface area contributed by atoms with Crippen LogP contribution in [0.4, 0.5) is 0 Å². The number of rotatable bonds is 4. The fourth-order valence-corrected chi connectivity index (χ4v) is 2.78. The van der Waals surface area contributed by atoms with Crippen LogP contribution in [0.5, 0.6) is 0 Å². The van der Waals surface area contributed by atoms with Crippen molar-refractivity contribution in [3.63, 3.8) is 0 Å². The van der Waals surface area contributed by atoms with E-state index in [0.29, 0.717) is 0 Å². The minimum Gasteiger partial charge on any atom is -0.396 e. The molecule has 16 heavy (non-hydrogen) atoms. The SMILES string of the molecule is CC1CNC(c2cn(CCCO)nn2)SC1. The molecule has 0 radical (unpaired) electrons. The van der Waals surface area contributed by atoms with Crippen LogP contribution < -0.4 is 5.32 Å². The molecule has 2 rings (SSSR count). The van der Waals surface area contributed by atoms with Gasteiger partial charge in [0.2, 0.25) is 0 Å². The third-order valence-electron chi connectivity index (χ3n) is 2.57. The third-order valence-corrected chi connectivity index (χ3v) is 4.07. The predicted molar refractivity (Wildman–Crippen MR) is 64.1 cm³/mol. The number of nitrogens with zero attached hydrogens (tertiary/aromatic N) is 3. The maximum absolute atomic E-state index is 8.73. The Morgan fingerprint density at radius 3 is 3.25 bits per heavy atom. The fourth-order valence-electron chi connectivity index (χ4n) is 1.65. The Kier molecular flexibility index (Phi) is 4.20. The standard InChI is InChI=1S/C10H18N4OS/c1-8-5-11-10(16-7-8)9-6-14(13-12-9)3-2-4-15/h6,8,10-11,15H,2-5,7H2,1H3. The van der Waals surface area contributed by atoms with Crippen LogP contribution in [0.15, 0.2) is 6.20 Å². The van der Waals surface area contributed by atoms with Gasteiger partial charge in [-0.3, -0.25) is 10.00 Å². The lowest BCUT2D eigenvalue weighted by Crippen LogP contribution is -2.31. The first-order valence-corrected chi connectivity index (χ1v) is 6.70. The largest absolute Gasteiger partial charge is 0.396 e. The van der Waals surface area contributed by atoms with Gasteiger partial charge in [0.05, 0.1) is 11.6 Å². The number of aromatic nitrogens is 3. The second kappa shape index (κ2) is 5.65. The summed E-state index contributed by atoms with van der Waals surface area (Å²) in [6, 6.07) is 0. The number of aliphatic hydroxyl groups is 1. The van der Waals surface area contributed by atoms with E-state index in [1.165, 1.54) is 5.75 Å². The van der Waals surface area contributed by atoms with Crippen LogP contribution in [0.1, 0.15) is 24.4 Å². The van der Waals surface area contributed by atoms with E-state index in [0.717, 1.165) is 31.1 Å². The third kappa shape index (κ3) is 2.96. The second-order valence-electron chi connectivity index (χ2n) is 4.21. The Morgan fingerprint density at radius 2 is 2.56 bits per heavy atom. The van der Waals surface area contributed by atoms with E-state index in [1.807, 2.05) is 18.0 Å². The Hall–Kier alpha value is -0.590. The van der Waals surface area contributed by atoms with Gasteiger partial charge in [0.15, 0.2) is 0 Å². The van der Waals surface area contributed by atoms with Gasteiger partial charge in [-0.2, -0.15) is 0 Å². The van der Waals surface area contributed by atoms with Gasteiger partial charge in [0.25, 0.3) is 0 Å². The maximum Gasteiger partial charge on any atom is 0.110 e. The van der Waals surface area contributed by atoms with Crippen LogP contribution in [-0.2, 0) is 6.54 Å². The van der Waals surface area contributed by atoms with Crippen molar-refractivity contribution in [1.29, 1.82) is 0 Å². The molecule has 1 saturated heterocycles. The van der Waals surface area contributed by atoms with Gasteiger partial charge in [-0.1, -0.05) is 12.1 Å². The molecule has 1 aromatic heterocycles. The van der Waals surface area contributed by atoms with Crippen LogP contribution in [0.2, 0.25) is 0 Å². The molecule has 2 unspecified atom stereocenters. The molecule has 1 aromatic rings. The monoisotopic (exact) mass is 242 g/mol. The van der Waals surface area contributed by atoms with Gasteiger partial charge < -0.3 is 5.11 Å². The summed E-state index contributed by atoms with van der Waals surface area (Å²) in [4.78, 5) is 0. The van der Waals surface area contributed by atoms with E-state index in [-0.39, 0.29) is 12.0 Å². The molecule has 0 amide bonds. The lowest BCUT2D eigenvalue weighted by molar-refractivity contribution is 0.276. The normalized spacial score (nSPS) is 25.9. The number of nitrogens with one attached hydrogen (secondary N) is 1. The molecule has 90 valence electrons.